The maximum atomic E-state index is 12.6. The zero-order valence-electron chi connectivity index (χ0n) is 14.7. The Morgan fingerprint density at radius 1 is 1.37 bits per heavy atom. The standard InChI is InChI=1S/C18H21ClN4O4/c19-14-3-1-2-12(8-14)9-20-17(25)13-10-23(6-7-27-11-13)18(26)15-4-5-16(24)22-21-15/h1-3,8,13H,4-7,9-11H2,(H,20,25)(H,22,24). The van der Waals surface area contributed by atoms with E-state index >= 15 is 0 Å². The van der Waals surface area contributed by atoms with Crippen LogP contribution in [-0.2, 0) is 25.7 Å². The van der Waals surface area contributed by atoms with Crippen LogP contribution in [0.1, 0.15) is 18.4 Å². The minimum absolute atomic E-state index is 0.187. The Balaban J connectivity index is 1.59. The van der Waals surface area contributed by atoms with Crippen molar-refractivity contribution in [1.82, 2.24) is 15.6 Å². The van der Waals surface area contributed by atoms with Crippen LogP contribution in [-0.4, -0.2) is 54.6 Å². The molecule has 1 fully saturated rings. The fourth-order valence-electron chi connectivity index (χ4n) is 2.94. The molecule has 2 N–H and O–H groups in total. The summed E-state index contributed by atoms with van der Waals surface area (Å²) < 4.78 is 5.50. The molecular weight excluding hydrogens is 372 g/mol. The number of nitrogens with one attached hydrogen (secondary N) is 2. The summed E-state index contributed by atoms with van der Waals surface area (Å²) in [4.78, 5) is 37.9. The van der Waals surface area contributed by atoms with Crippen molar-refractivity contribution in [1.29, 1.82) is 0 Å². The van der Waals surface area contributed by atoms with Crippen molar-refractivity contribution in [3.63, 3.8) is 0 Å². The van der Waals surface area contributed by atoms with Crippen molar-refractivity contribution in [3.8, 4) is 0 Å². The lowest BCUT2D eigenvalue weighted by molar-refractivity contribution is -0.128. The van der Waals surface area contributed by atoms with Gasteiger partial charge in [-0.1, -0.05) is 23.7 Å². The van der Waals surface area contributed by atoms with E-state index in [1.54, 1.807) is 17.0 Å². The van der Waals surface area contributed by atoms with E-state index in [4.69, 9.17) is 16.3 Å². The molecule has 0 saturated carbocycles. The predicted octanol–water partition coefficient (Wildman–Crippen LogP) is 0.697. The van der Waals surface area contributed by atoms with E-state index in [-0.39, 0.29) is 37.3 Å². The van der Waals surface area contributed by atoms with Gasteiger partial charge < -0.3 is 15.0 Å². The molecule has 1 aromatic carbocycles. The van der Waals surface area contributed by atoms with Gasteiger partial charge in [-0.05, 0) is 17.7 Å². The number of amides is 3. The smallest absolute Gasteiger partial charge is 0.270 e. The lowest BCUT2D eigenvalue weighted by Gasteiger charge is -2.24. The van der Waals surface area contributed by atoms with E-state index < -0.39 is 5.92 Å². The zero-order chi connectivity index (χ0) is 19.2. The molecular formula is C18H21ClN4O4. The van der Waals surface area contributed by atoms with Gasteiger partial charge in [-0.2, -0.15) is 5.10 Å². The van der Waals surface area contributed by atoms with Crippen LogP contribution in [0.3, 0.4) is 0 Å². The topological polar surface area (TPSA) is 100 Å². The van der Waals surface area contributed by atoms with Gasteiger partial charge in [0.15, 0.2) is 0 Å². The second-order valence-corrected chi connectivity index (χ2v) is 6.90. The summed E-state index contributed by atoms with van der Waals surface area (Å²) in [6.07, 6.45) is 0.534. The molecule has 3 rings (SSSR count). The van der Waals surface area contributed by atoms with E-state index in [9.17, 15) is 14.4 Å². The van der Waals surface area contributed by atoms with Crippen LogP contribution in [0, 0.1) is 5.92 Å². The zero-order valence-corrected chi connectivity index (χ0v) is 15.5. The molecule has 1 atom stereocenters. The molecule has 0 aliphatic carbocycles. The fourth-order valence-corrected chi connectivity index (χ4v) is 3.16. The molecule has 1 aromatic rings. The lowest BCUT2D eigenvalue weighted by atomic mass is 10.1. The number of hydrazone groups is 1. The number of ether oxygens (including phenoxy) is 1. The first-order valence-electron chi connectivity index (χ1n) is 8.77. The Morgan fingerprint density at radius 2 is 2.22 bits per heavy atom. The van der Waals surface area contributed by atoms with Crippen LogP contribution >= 0.6 is 11.6 Å². The minimum Gasteiger partial charge on any atom is -0.379 e. The SMILES string of the molecule is O=C1CCC(C(=O)N2CCOCC(C(=O)NCc3cccc(Cl)c3)C2)=NN1. The number of benzene rings is 1. The van der Waals surface area contributed by atoms with Crippen LogP contribution in [0.5, 0.6) is 0 Å². The van der Waals surface area contributed by atoms with Crippen molar-refractivity contribution in [2.75, 3.05) is 26.3 Å². The minimum atomic E-state index is -0.477. The monoisotopic (exact) mass is 392 g/mol. The highest BCUT2D eigenvalue weighted by molar-refractivity contribution is 6.39. The Labute approximate surface area is 161 Å². The first-order chi connectivity index (χ1) is 13.0. The summed E-state index contributed by atoms with van der Waals surface area (Å²) in [6, 6.07) is 7.26. The van der Waals surface area contributed by atoms with Crippen LogP contribution in [0.15, 0.2) is 29.4 Å². The van der Waals surface area contributed by atoms with Gasteiger partial charge in [0.2, 0.25) is 11.8 Å². The summed E-state index contributed by atoms with van der Waals surface area (Å²) in [7, 11) is 0. The summed E-state index contributed by atoms with van der Waals surface area (Å²) in [6.45, 7) is 1.57. The Hall–Kier alpha value is -2.45. The second-order valence-electron chi connectivity index (χ2n) is 6.46. The molecule has 0 aromatic heterocycles. The predicted molar refractivity (Wildman–Crippen MR) is 99.0 cm³/mol. The Bertz CT molecular complexity index is 767. The quantitative estimate of drug-likeness (QED) is 0.787. The van der Waals surface area contributed by atoms with E-state index in [1.165, 1.54) is 0 Å². The number of hydrogen-bond donors (Lipinski definition) is 2. The van der Waals surface area contributed by atoms with Crippen molar-refractivity contribution in [2.24, 2.45) is 11.0 Å². The molecule has 9 heteroatoms. The second kappa shape index (κ2) is 8.96. The third-order valence-corrected chi connectivity index (χ3v) is 4.67. The molecule has 0 radical (unpaired) electrons. The average Bonchev–Trinajstić information content (AvgIpc) is 2.92. The lowest BCUT2D eigenvalue weighted by Crippen LogP contribution is -2.45. The molecule has 8 nitrogen and oxygen atoms in total. The molecule has 0 spiro atoms. The number of carbonyl (C=O) groups is 3. The van der Waals surface area contributed by atoms with Gasteiger partial charge >= 0.3 is 0 Å². The average molecular weight is 393 g/mol. The Morgan fingerprint density at radius 3 is 2.96 bits per heavy atom. The van der Waals surface area contributed by atoms with Gasteiger partial charge in [0.1, 0.15) is 5.71 Å². The van der Waals surface area contributed by atoms with Crippen LogP contribution < -0.4 is 10.7 Å². The van der Waals surface area contributed by atoms with Gasteiger partial charge in [-0.15, -0.1) is 0 Å². The number of nitrogens with zero attached hydrogens (tertiary/aromatic N) is 2. The number of carbonyl (C=O) groups excluding carboxylic acids is 3. The number of hydrogen-bond acceptors (Lipinski definition) is 5. The maximum Gasteiger partial charge on any atom is 0.270 e. The third-order valence-electron chi connectivity index (χ3n) is 4.43. The van der Waals surface area contributed by atoms with Crippen LogP contribution in [0.4, 0.5) is 0 Å². The third kappa shape index (κ3) is 5.27. The molecule has 2 aliphatic heterocycles. The molecule has 1 saturated heterocycles. The fraction of sp³-hybridized carbons (Fsp3) is 0.444. The van der Waals surface area contributed by atoms with Gasteiger partial charge in [0, 0.05) is 37.5 Å². The van der Waals surface area contributed by atoms with Crippen LogP contribution in [0.25, 0.3) is 0 Å². The van der Waals surface area contributed by atoms with Crippen molar-refractivity contribution < 1.29 is 19.1 Å². The molecule has 27 heavy (non-hydrogen) atoms. The van der Waals surface area contributed by atoms with E-state index in [2.05, 4.69) is 15.8 Å². The number of halogens is 1. The van der Waals surface area contributed by atoms with E-state index in [1.807, 2.05) is 12.1 Å². The molecule has 144 valence electrons. The molecule has 2 aliphatic rings. The summed E-state index contributed by atoms with van der Waals surface area (Å²) in [5.41, 5.74) is 3.52. The summed E-state index contributed by atoms with van der Waals surface area (Å²) >= 11 is 5.95. The van der Waals surface area contributed by atoms with E-state index in [0.29, 0.717) is 36.9 Å². The highest BCUT2D eigenvalue weighted by atomic mass is 35.5. The normalized spacial score (nSPS) is 20.3. The number of rotatable bonds is 4. The van der Waals surface area contributed by atoms with Crippen molar-refractivity contribution in [3.05, 3.63) is 34.9 Å². The highest BCUT2D eigenvalue weighted by Crippen LogP contribution is 2.13. The van der Waals surface area contributed by atoms with Gasteiger partial charge in [0.25, 0.3) is 5.91 Å². The maximum absolute atomic E-state index is 12.6. The largest absolute Gasteiger partial charge is 0.379 e. The molecule has 3 amide bonds. The Kier molecular flexibility index (Phi) is 6.41. The summed E-state index contributed by atoms with van der Waals surface area (Å²) in [5, 5.41) is 7.32. The van der Waals surface area contributed by atoms with Crippen molar-refractivity contribution >= 4 is 35.0 Å². The van der Waals surface area contributed by atoms with E-state index in [0.717, 1.165) is 5.56 Å². The summed E-state index contributed by atoms with van der Waals surface area (Å²) in [5.74, 6) is -1.14. The molecule has 1 unspecified atom stereocenters. The van der Waals surface area contributed by atoms with Gasteiger partial charge in [-0.3, -0.25) is 14.4 Å². The molecule has 2 heterocycles. The van der Waals surface area contributed by atoms with Gasteiger partial charge in [-0.25, -0.2) is 5.43 Å². The highest BCUT2D eigenvalue weighted by Gasteiger charge is 2.30. The first-order valence-corrected chi connectivity index (χ1v) is 9.15. The van der Waals surface area contributed by atoms with Gasteiger partial charge in [0.05, 0.1) is 19.1 Å². The van der Waals surface area contributed by atoms with Crippen LogP contribution in [0.2, 0.25) is 5.02 Å². The van der Waals surface area contributed by atoms with Crippen molar-refractivity contribution in [2.45, 2.75) is 19.4 Å². The molecule has 0 bridgehead atoms. The first kappa shape index (κ1) is 19.3.